The van der Waals surface area contributed by atoms with Crippen molar-refractivity contribution in [2.75, 3.05) is 32.8 Å². The molecule has 0 aromatic carbocycles. The zero-order valence-corrected chi connectivity index (χ0v) is 18.1. The van der Waals surface area contributed by atoms with Crippen molar-refractivity contribution >= 4 is 16.9 Å². The maximum Gasteiger partial charge on any atom is 0.220 e. The zero-order chi connectivity index (χ0) is 20.5. The minimum absolute atomic E-state index is 0.0709. The number of fused-ring (bicyclic) bond motifs is 1. The van der Waals surface area contributed by atoms with Gasteiger partial charge >= 0.3 is 0 Å². The fourth-order valence-electron chi connectivity index (χ4n) is 4.15. The Morgan fingerprint density at radius 3 is 2.54 bits per heavy atom. The topological polar surface area (TPSA) is 72.3 Å². The summed E-state index contributed by atoms with van der Waals surface area (Å²) in [5.74, 6) is 0.0862. The van der Waals surface area contributed by atoms with E-state index >= 15 is 0 Å². The Morgan fingerprint density at radius 2 is 1.86 bits per heavy atom. The van der Waals surface area contributed by atoms with E-state index < -0.39 is 0 Å². The van der Waals surface area contributed by atoms with Crippen LogP contribution in [0.25, 0.3) is 11.0 Å². The van der Waals surface area contributed by atoms with E-state index in [1.54, 1.807) is 0 Å². The first-order valence-electron chi connectivity index (χ1n) is 10.1. The van der Waals surface area contributed by atoms with E-state index in [2.05, 4.69) is 36.1 Å². The molecule has 7 nitrogen and oxygen atoms in total. The van der Waals surface area contributed by atoms with Gasteiger partial charge in [-0.3, -0.25) is 14.4 Å². The lowest BCUT2D eigenvalue weighted by atomic mass is 9.98. The summed E-state index contributed by atoms with van der Waals surface area (Å²) >= 11 is 0. The molecule has 3 heterocycles. The second-order valence-electron chi connectivity index (χ2n) is 8.40. The van der Waals surface area contributed by atoms with Crippen molar-refractivity contribution in [2.24, 2.45) is 7.05 Å². The number of ether oxygens (including phenoxy) is 1. The van der Waals surface area contributed by atoms with Gasteiger partial charge in [0.2, 0.25) is 5.91 Å². The highest BCUT2D eigenvalue weighted by molar-refractivity contribution is 5.84. The van der Waals surface area contributed by atoms with Gasteiger partial charge in [0.25, 0.3) is 0 Å². The Balaban J connectivity index is 1.62. The number of nitrogens with one attached hydrogen (secondary N) is 1. The van der Waals surface area contributed by atoms with Gasteiger partial charge in [0.1, 0.15) is 0 Å². The number of rotatable bonds is 6. The Morgan fingerprint density at radius 1 is 1.18 bits per heavy atom. The van der Waals surface area contributed by atoms with E-state index in [4.69, 9.17) is 9.72 Å². The normalized spacial score (nSPS) is 15.9. The number of hydrogen-bond acceptors (Lipinski definition) is 5. The largest absolute Gasteiger partial charge is 0.379 e. The van der Waals surface area contributed by atoms with Crippen molar-refractivity contribution in [1.82, 2.24) is 25.0 Å². The van der Waals surface area contributed by atoms with Crippen LogP contribution < -0.4 is 5.32 Å². The van der Waals surface area contributed by atoms with E-state index in [1.807, 2.05) is 25.6 Å². The lowest BCUT2D eigenvalue weighted by Crippen LogP contribution is -2.55. The highest BCUT2D eigenvalue weighted by Crippen LogP contribution is 2.26. The number of nitrogens with zero attached hydrogens (tertiary/aromatic N) is 4. The van der Waals surface area contributed by atoms with Gasteiger partial charge in [0, 0.05) is 49.7 Å². The average Bonchev–Trinajstić information content (AvgIpc) is 2.94. The number of morpholine rings is 1. The van der Waals surface area contributed by atoms with Crippen molar-refractivity contribution in [2.45, 2.75) is 53.0 Å². The second-order valence-corrected chi connectivity index (χ2v) is 8.40. The van der Waals surface area contributed by atoms with Crippen LogP contribution in [0.15, 0.2) is 0 Å². The number of aromatic nitrogens is 3. The molecule has 1 saturated heterocycles. The minimum Gasteiger partial charge on any atom is -0.379 e. The number of aryl methyl sites for hydroxylation is 4. The van der Waals surface area contributed by atoms with Gasteiger partial charge in [-0.15, -0.1) is 0 Å². The molecule has 1 N–H and O–H groups in total. The van der Waals surface area contributed by atoms with Crippen LogP contribution in [0.1, 0.15) is 42.8 Å². The highest BCUT2D eigenvalue weighted by Gasteiger charge is 2.28. The Hall–Kier alpha value is -1.99. The predicted octanol–water partition coefficient (Wildman–Crippen LogP) is 2.05. The third-order valence-electron chi connectivity index (χ3n) is 5.92. The van der Waals surface area contributed by atoms with Crippen LogP contribution in [0.4, 0.5) is 0 Å². The SMILES string of the molecule is Cc1nc2c(c(C)nn2C)c(C)c1CCC(=O)NCC(C)(C)N1CCOCC1. The molecule has 0 bridgehead atoms. The third-order valence-corrected chi connectivity index (χ3v) is 5.92. The molecule has 1 amide bonds. The van der Waals surface area contributed by atoms with Gasteiger partial charge in [-0.05, 0) is 52.2 Å². The molecular formula is C21H33N5O2. The second kappa shape index (κ2) is 8.17. The van der Waals surface area contributed by atoms with Crippen molar-refractivity contribution in [3.63, 3.8) is 0 Å². The fraction of sp³-hybridized carbons (Fsp3) is 0.667. The van der Waals surface area contributed by atoms with Gasteiger partial charge in [-0.1, -0.05) is 0 Å². The molecule has 0 saturated carbocycles. The monoisotopic (exact) mass is 387 g/mol. The van der Waals surface area contributed by atoms with Crippen molar-refractivity contribution in [3.8, 4) is 0 Å². The molecule has 2 aromatic rings. The molecule has 1 aliphatic rings. The molecule has 0 atom stereocenters. The Bertz CT molecular complexity index is 866. The van der Waals surface area contributed by atoms with Crippen LogP contribution in [0.3, 0.4) is 0 Å². The van der Waals surface area contributed by atoms with Crippen molar-refractivity contribution in [1.29, 1.82) is 0 Å². The van der Waals surface area contributed by atoms with Crippen LogP contribution in [-0.4, -0.2) is 64.0 Å². The number of pyridine rings is 1. The van der Waals surface area contributed by atoms with Gasteiger partial charge in [0.05, 0.1) is 18.9 Å². The van der Waals surface area contributed by atoms with Gasteiger partial charge in [0.15, 0.2) is 5.65 Å². The molecule has 0 spiro atoms. The molecule has 0 unspecified atom stereocenters. The number of carbonyl (C=O) groups excluding carboxylic acids is 1. The molecule has 2 aromatic heterocycles. The van der Waals surface area contributed by atoms with Crippen LogP contribution >= 0.6 is 0 Å². The van der Waals surface area contributed by atoms with Crippen molar-refractivity contribution in [3.05, 3.63) is 22.5 Å². The molecule has 1 aliphatic heterocycles. The van der Waals surface area contributed by atoms with E-state index in [9.17, 15) is 4.79 Å². The molecule has 0 aliphatic carbocycles. The summed E-state index contributed by atoms with van der Waals surface area (Å²) in [5.41, 5.74) is 5.15. The van der Waals surface area contributed by atoms with Crippen LogP contribution in [0.2, 0.25) is 0 Å². The fourth-order valence-corrected chi connectivity index (χ4v) is 4.15. The lowest BCUT2D eigenvalue weighted by molar-refractivity contribution is -0.121. The molecule has 0 radical (unpaired) electrons. The summed E-state index contributed by atoms with van der Waals surface area (Å²) in [4.78, 5) is 19.6. The quantitative estimate of drug-likeness (QED) is 0.821. The van der Waals surface area contributed by atoms with Crippen LogP contribution in [0, 0.1) is 20.8 Å². The smallest absolute Gasteiger partial charge is 0.220 e. The number of hydrogen-bond donors (Lipinski definition) is 1. The lowest BCUT2D eigenvalue weighted by Gasteiger charge is -2.40. The molecule has 154 valence electrons. The van der Waals surface area contributed by atoms with Gasteiger partial charge < -0.3 is 10.1 Å². The maximum atomic E-state index is 12.5. The Kier molecular flexibility index (Phi) is 6.05. The maximum absolute atomic E-state index is 12.5. The van der Waals surface area contributed by atoms with E-state index in [1.165, 1.54) is 5.56 Å². The molecule has 7 heteroatoms. The first-order valence-corrected chi connectivity index (χ1v) is 10.1. The first-order chi connectivity index (χ1) is 13.2. The van der Waals surface area contributed by atoms with E-state index in [0.29, 0.717) is 19.4 Å². The number of amides is 1. The van der Waals surface area contributed by atoms with Gasteiger partial charge in [-0.25, -0.2) is 4.98 Å². The Labute approximate surface area is 167 Å². The summed E-state index contributed by atoms with van der Waals surface area (Å²) in [6, 6.07) is 0. The van der Waals surface area contributed by atoms with E-state index in [0.717, 1.165) is 54.3 Å². The first kappa shape index (κ1) is 20.7. The summed E-state index contributed by atoms with van der Waals surface area (Å²) < 4.78 is 7.26. The summed E-state index contributed by atoms with van der Waals surface area (Å²) in [6.07, 6.45) is 1.16. The van der Waals surface area contributed by atoms with Crippen molar-refractivity contribution < 1.29 is 9.53 Å². The zero-order valence-electron chi connectivity index (χ0n) is 18.1. The van der Waals surface area contributed by atoms with Crippen LogP contribution in [0.5, 0.6) is 0 Å². The molecule has 3 rings (SSSR count). The third kappa shape index (κ3) is 4.20. The average molecular weight is 388 g/mol. The summed E-state index contributed by atoms with van der Waals surface area (Å²) in [7, 11) is 1.92. The number of carbonyl (C=O) groups is 1. The minimum atomic E-state index is -0.0709. The molecule has 28 heavy (non-hydrogen) atoms. The molecule has 1 fully saturated rings. The van der Waals surface area contributed by atoms with E-state index in [-0.39, 0.29) is 11.4 Å². The summed E-state index contributed by atoms with van der Waals surface area (Å²) in [6.45, 7) is 14.5. The summed E-state index contributed by atoms with van der Waals surface area (Å²) in [5, 5.41) is 8.72. The molecular weight excluding hydrogens is 354 g/mol. The highest BCUT2D eigenvalue weighted by atomic mass is 16.5. The standard InChI is InChI=1S/C21H33N5O2/c1-14-17(15(2)23-20-19(14)16(3)24-25(20)6)7-8-18(27)22-13-21(4,5)26-9-11-28-12-10-26/h7-13H2,1-6H3,(H,22,27). The van der Waals surface area contributed by atoms with Crippen LogP contribution in [-0.2, 0) is 23.0 Å². The van der Waals surface area contributed by atoms with Gasteiger partial charge in [-0.2, -0.15) is 5.10 Å². The predicted molar refractivity (Wildman–Crippen MR) is 111 cm³/mol.